The van der Waals surface area contributed by atoms with E-state index in [0.717, 1.165) is 10.1 Å². The van der Waals surface area contributed by atoms with Crippen molar-refractivity contribution in [3.05, 3.63) is 56.7 Å². The maximum absolute atomic E-state index is 12.7. The average Bonchev–Trinajstić information content (AvgIpc) is 2.66. The van der Waals surface area contributed by atoms with Crippen molar-refractivity contribution < 1.29 is 4.79 Å². The Kier molecular flexibility index (Phi) is 6.98. The highest BCUT2D eigenvalue weighted by molar-refractivity contribution is 5.94. The first-order valence-corrected chi connectivity index (χ1v) is 9.38. The predicted molar refractivity (Wildman–Crippen MR) is 108 cm³/mol. The van der Waals surface area contributed by atoms with Crippen molar-refractivity contribution in [2.24, 2.45) is 5.92 Å². The quantitative estimate of drug-likeness (QED) is 0.742. The normalized spacial score (nSPS) is 12.0. The molecule has 7 nitrogen and oxygen atoms in total. The Morgan fingerprint density at radius 3 is 2.26 bits per heavy atom. The van der Waals surface area contributed by atoms with E-state index in [1.54, 1.807) is 6.92 Å². The number of nitrogens with zero attached hydrogens (tertiary/aromatic N) is 2. The van der Waals surface area contributed by atoms with Gasteiger partial charge >= 0.3 is 5.69 Å². The van der Waals surface area contributed by atoms with Crippen LogP contribution in [0.25, 0.3) is 0 Å². The largest absolute Gasteiger partial charge is 0.383 e. The summed E-state index contributed by atoms with van der Waals surface area (Å²) in [5.74, 6) is -0.635. The van der Waals surface area contributed by atoms with Crippen molar-refractivity contribution in [2.75, 3.05) is 11.1 Å². The Morgan fingerprint density at radius 1 is 1.07 bits per heavy atom. The fourth-order valence-corrected chi connectivity index (χ4v) is 3.00. The second kappa shape index (κ2) is 9.21. The second-order valence-electron chi connectivity index (χ2n) is 6.73. The summed E-state index contributed by atoms with van der Waals surface area (Å²) in [5, 5.41) is 2.67. The van der Waals surface area contributed by atoms with E-state index in [4.69, 9.17) is 5.73 Å². The van der Waals surface area contributed by atoms with E-state index < -0.39 is 11.2 Å². The first-order valence-electron chi connectivity index (χ1n) is 9.38. The van der Waals surface area contributed by atoms with Crippen molar-refractivity contribution in [1.29, 1.82) is 0 Å². The zero-order chi connectivity index (χ0) is 20.0. The molecule has 2 aromatic rings. The maximum Gasteiger partial charge on any atom is 0.332 e. The third kappa shape index (κ3) is 4.67. The second-order valence-corrected chi connectivity index (χ2v) is 6.73. The molecule has 1 aromatic heterocycles. The smallest absolute Gasteiger partial charge is 0.332 e. The molecule has 0 bridgehead atoms. The number of hydrogen-bond donors (Lipinski definition) is 2. The summed E-state index contributed by atoms with van der Waals surface area (Å²) in [4.78, 5) is 37.9. The molecular weight excluding hydrogens is 344 g/mol. The molecule has 3 N–H and O–H groups in total. The lowest BCUT2D eigenvalue weighted by molar-refractivity contribution is -0.119. The molecule has 146 valence electrons. The summed E-state index contributed by atoms with van der Waals surface area (Å²) in [6, 6.07) is 9.66. The van der Waals surface area contributed by atoms with Crippen molar-refractivity contribution in [3.63, 3.8) is 0 Å². The number of nitrogens with two attached hydrogens (primary N) is 1. The predicted octanol–water partition coefficient (Wildman–Crippen LogP) is 2.23. The average molecular weight is 372 g/mol. The van der Waals surface area contributed by atoms with Gasteiger partial charge in [-0.15, -0.1) is 0 Å². The third-order valence-electron chi connectivity index (χ3n) is 4.44. The SMILES string of the molecule is CCCn1c(N)c(NC(=O)[C@@H](C)Cc2ccccc2)c(=O)n(CCC)c1=O. The number of hydrogen-bond acceptors (Lipinski definition) is 4. The molecule has 0 fully saturated rings. The number of nitrogens with one attached hydrogen (secondary N) is 1. The van der Waals surface area contributed by atoms with Crippen LogP contribution in [-0.2, 0) is 24.3 Å². The van der Waals surface area contributed by atoms with Gasteiger partial charge in [-0.3, -0.25) is 18.7 Å². The van der Waals surface area contributed by atoms with Crippen LogP contribution in [0.15, 0.2) is 39.9 Å². The Bertz CT molecular complexity index is 900. The lowest BCUT2D eigenvalue weighted by Gasteiger charge is -2.18. The maximum atomic E-state index is 12.7. The van der Waals surface area contributed by atoms with Gasteiger partial charge in [0.2, 0.25) is 5.91 Å². The van der Waals surface area contributed by atoms with Crippen LogP contribution in [-0.4, -0.2) is 15.0 Å². The van der Waals surface area contributed by atoms with Crippen molar-refractivity contribution >= 4 is 17.4 Å². The number of rotatable bonds is 8. The third-order valence-corrected chi connectivity index (χ3v) is 4.44. The van der Waals surface area contributed by atoms with Gasteiger partial charge in [-0.1, -0.05) is 51.1 Å². The topological polar surface area (TPSA) is 99.1 Å². The lowest BCUT2D eigenvalue weighted by Crippen LogP contribution is -2.43. The van der Waals surface area contributed by atoms with Gasteiger partial charge in [0.15, 0.2) is 0 Å². The number of amides is 1. The Hall–Kier alpha value is -2.83. The highest BCUT2D eigenvalue weighted by Gasteiger charge is 2.21. The van der Waals surface area contributed by atoms with E-state index in [2.05, 4.69) is 5.32 Å². The number of aromatic nitrogens is 2. The molecule has 0 aliphatic carbocycles. The summed E-state index contributed by atoms with van der Waals surface area (Å²) in [7, 11) is 0. The summed E-state index contributed by atoms with van der Waals surface area (Å²) >= 11 is 0. The van der Waals surface area contributed by atoms with Crippen LogP contribution in [0.2, 0.25) is 0 Å². The van der Waals surface area contributed by atoms with Crippen LogP contribution in [0, 0.1) is 5.92 Å². The fourth-order valence-electron chi connectivity index (χ4n) is 3.00. The van der Waals surface area contributed by atoms with Gasteiger partial charge in [0.05, 0.1) is 0 Å². The van der Waals surface area contributed by atoms with Crippen molar-refractivity contribution in [3.8, 4) is 0 Å². The van der Waals surface area contributed by atoms with Gasteiger partial charge in [-0.05, 0) is 24.8 Å². The number of nitrogen functional groups attached to an aromatic ring is 1. The Labute approximate surface area is 158 Å². The minimum absolute atomic E-state index is 0.0126. The van der Waals surface area contributed by atoms with E-state index in [9.17, 15) is 14.4 Å². The number of carbonyl (C=O) groups excluding carboxylic acids is 1. The van der Waals surface area contributed by atoms with Crippen LogP contribution >= 0.6 is 0 Å². The highest BCUT2D eigenvalue weighted by atomic mass is 16.2. The zero-order valence-corrected chi connectivity index (χ0v) is 16.2. The molecule has 0 saturated carbocycles. The van der Waals surface area contributed by atoms with E-state index >= 15 is 0 Å². The standard InChI is InChI=1S/C20H28N4O3/c1-4-11-23-17(21)16(19(26)24(12-5-2)20(23)27)22-18(25)14(3)13-15-9-7-6-8-10-15/h6-10,14H,4-5,11-13,21H2,1-3H3,(H,22,25)/t14-/m0/s1. The molecule has 0 unspecified atom stereocenters. The Morgan fingerprint density at radius 2 is 1.67 bits per heavy atom. The van der Waals surface area contributed by atoms with E-state index in [1.807, 2.05) is 44.2 Å². The number of anilines is 2. The van der Waals surface area contributed by atoms with E-state index in [-0.39, 0.29) is 29.9 Å². The van der Waals surface area contributed by atoms with Gasteiger partial charge in [0.25, 0.3) is 5.56 Å². The summed E-state index contributed by atoms with van der Waals surface area (Å²) in [5.41, 5.74) is 6.11. The molecule has 0 saturated heterocycles. The number of carbonyl (C=O) groups is 1. The van der Waals surface area contributed by atoms with Crippen molar-refractivity contribution in [1.82, 2.24) is 9.13 Å². The van der Waals surface area contributed by atoms with E-state index in [0.29, 0.717) is 25.8 Å². The molecule has 0 aliphatic heterocycles. The zero-order valence-electron chi connectivity index (χ0n) is 16.2. The van der Waals surface area contributed by atoms with Crippen LogP contribution in [0.3, 0.4) is 0 Å². The van der Waals surface area contributed by atoms with Gasteiger partial charge < -0.3 is 11.1 Å². The van der Waals surface area contributed by atoms with Crippen molar-refractivity contribution in [2.45, 2.75) is 53.1 Å². The molecule has 27 heavy (non-hydrogen) atoms. The first-order chi connectivity index (χ1) is 12.9. The summed E-state index contributed by atoms with van der Waals surface area (Å²) < 4.78 is 2.50. The van der Waals surface area contributed by atoms with E-state index in [1.165, 1.54) is 4.57 Å². The van der Waals surface area contributed by atoms with Gasteiger partial charge in [-0.25, -0.2) is 4.79 Å². The Balaban J connectivity index is 2.35. The molecule has 7 heteroatoms. The molecule has 1 heterocycles. The van der Waals surface area contributed by atoms with Crippen LogP contribution < -0.4 is 22.3 Å². The van der Waals surface area contributed by atoms with Crippen LogP contribution in [0.1, 0.15) is 39.2 Å². The molecule has 1 atom stereocenters. The van der Waals surface area contributed by atoms with Gasteiger partial charge in [-0.2, -0.15) is 0 Å². The minimum Gasteiger partial charge on any atom is -0.383 e. The van der Waals surface area contributed by atoms with Crippen LogP contribution in [0.4, 0.5) is 11.5 Å². The molecule has 0 spiro atoms. The number of benzene rings is 1. The fraction of sp³-hybridized carbons (Fsp3) is 0.450. The summed E-state index contributed by atoms with van der Waals surface area (Å²) in [6.45, 7) is 6.26. The molecule has 0 aliphatic rings. The lowest BCUT2D eigenvalue weighted by atomic mass is 10.0. The van der Waals surface area contributed by atoms with Gasteiger partial charge in [0.1, 0.15) is 11.5 Å². The molecule has 2 rings (SSSR count). The van der Waals surface area contributed by atoms with Crippen LogP contribution in [0.5, 0.6) is 0 Å². The molecule has 1 amide bonds. The molecule has 1 aromatic carbocycles. The first kappa shape index (κ1) is 20.5. The minimum atomic E-state index is -0.549. The monoisotopic (exact) mass is 372 g/mol. The molecular formula is C20H28N4O3. The highest BCUT2D eigenvalue weighted by Crippen LogP contribution is 2.15. The molecule has 0 radical (unpaired) electrons. The summed E-state index contributed by atoms with van der Waals surface area (Å²) in [6.07, 6.45) is 1.86. The van der Waals surface area contributed by atoms with Gasteiger partial charge in [0, 0.05) is 19.0 Å².